The third kappa shape index (κ3) is 8.18. The van der Waals surface area contributed by atoms with Crippen molar-refractivity contribution in [3.63, 3.8) is 0 Å². The Morgan fingerprint density at radius 3 is 2.10 bits per heavy atom. The predicted molar refractivity (Wildman–Crippen MR) is 173 cm³/mol. The van der Waals surface area contributed by atoms with Crippen LogP contribution in [-0.4, -0.2) is 34.3 Å². The van der Waals surface area contributed by atoms with Gasteiger partial charge in [-0.3, -0.25) is 15.0 Å². The molecule has 1 amide bonds. The Morgan fingerprint density at radius 1 is 0.929 bits per heavy atom. The Morgan fingerprint density at radius 2 is 1.57 bits per heavy atom. The first-order valence-corrected chi connectivity index (χ1v) is 15.2. The van der Waals surface area contributed by atoms with Gasteiger partial charge in [-0.05, 0) is 96.4 Å². The summed E-state index contributed by atoms with van der Waals surface area (Å²) in [5, 5.41) is 17.8. The number of amides is 1. The van der Waals surface area contributed by atoms with Gasteiger partial charge in [-0.2, -0.15) is 0 Å². The third-order valence-electron chi connectivity index (χ3n) is 8.30. The summed E-state index contributed by atoms with van der Waals surface area (Å²) < 4.78 is 0. The number of carboxylic acid groups (broad SMARTS) is 1. The molecule has 0 heterocycles. The molecule has 0 unspecified atom stereocenters. The molecule has 5 heteroatoms. The van der Waals surface area contributed by atoms with E-state index in [1.165, 1.54) is 28.5 Å². The summed E-state index contributed by atoms with van der Waals surface area (Å²) in [5.41, 5.74) is 7.65. The number of hydrogen-bond acceptors (Lipinski definition) is 3. The van der Waals surface area contributed by atoms with Crippen LogP contribution < -0.4 is 0 Å². The topological polar surface area (TPSA) is 81.5 Å². The standard InChI is InChI=1S/C25H30N2O3.C12H18/c1-4-27(18(3)28)23(26)10-6-8-19-7-5-9-20(15-19)21-12-11-17(2)22(16-21)25(13-14-25)24(29)30;1-5-10-6-8-11(9-7-10)12(2,3)4/h5,7,9,11-12,15-16,26H,4,6,8,10,13-14H2,1-3H3,(H,29,30);6-9H,5H2,1-4H3. The van der Waals surface area contributed by atoms with Crippen LogP contribution in [0.25, 0.3) is 11.1 Å². The smallest absolute Gasteiger partial charge is 0.314 e. The predicted octanol–water partition coefficient (Wildman–Crippen LogP) is 8.49. The van der Waals surface area contributed by atoms with Crippen molar-refractivity contribution < 1.29 is 14.7 Å². The Balaban J connectivity index is 0.000000337. The van der Waals surface area contributed by atoms with Crippen molar-refractivity contribution >= 4 is 17.7 Å². The lowest BCUT2D eigenvalue weighted by Gasteiger charge is -2.19. The quantitative estimate of drug-likeness (QED) is 0.201. The lowest BCUT2D eigenvalue weighted by Crippen LogP contribution is -2.34. The highest BCUT2D eigenvalue weighted by Crippen LogP contribution is 2.50. The van der Waals surface area contributed by atoms with Crippen LogP contribution in [0.3, 0.4) is 0 Å². The van der Waals surface area contributed by atoms with Crippen LogP contribution in [0.4, 0.5) is 0 Å². The maximum atomic E-state index is 11.8. The van der Waals surface area contributed by atoms with Crippen molar-refractivity contribution in [1.29, 1.82) is 5.41 Å². The molecule has 0 bridgehead atoms. The molecule has 3 aromatic carbocycles. The number of hydrogen-bond donors (Lipinski definition) is 2. The summed E-state index contributed by atoms with van der Waals surface area (Å²) in [7, 11) is 0. The molecule has 1 aliphatic carbocycles. The largest absolute Gasteiger partial charge is 0.481 e. The van der Waals surface area contributed by atoms with Crippen LogP contribution in [0.15, 0.2) is 66.7 Å². The fourth-order valence-electron chi connectivity index (χ4n) is 5.39. The fraction of sp³-hybridized carbons (Fsp3) is 0.432. The van der Waals surface area contributed by atoms with Crippen molar-refractivity contribution in [3.8, 4) is 11.1 Å². The van der Waals surface area contributed by atoms with E-state index < -0.39 is 11.4 Å². The average molecular weight is 569 g/mol. The van der Waals surface area contributed by atoms with Gasteiger partial charge in [0.05, 0.1) is 5.41 Å². The summed E-state index contributed by atoms with van der Waals surface area (Å²) in [5.74, 6) is -0.451. The highest BCUT2D eigenvalue weighted by molar-refractivity contribution is 5.95. The summed E-state index contributed by atoms with van der Waals surface area (Å²) in [6.07, 6.45) is 4.72. The van der Waals surface area contributed by atoms with E-state index in [1.54, 1.807) is 0 Å². The van der Waals surface area contributed by atoms with Crippen molar-refractivity contribution in [1.82, 2.24) is 4.90 Å². The van der Waals surface area contributed by atoms with Gasteiger partial charge in [0, 0.05) is 19.9 Å². The number of carbonyl (C=O) groups excluding carboxylic acids is 1. The van der Waals surface area contributed by atoms with Gasteiger partial charge in [0.1, 0.15) is 5.84 Å². The van der Waals surface area contributed by atoms with E-state index >= 15 is 0 Å². The van der Waals surface area contributed by atoms with Crippen LogP contribution >= 0.6 is 0 Å². The number of benzene rings is 3. The SMILES string of the molecule is CCN(C(=N)CCCc1cccc(-c2ccc(C)c(C3(C(=O)O)CC3)c2)c1)C(C)=O.CCc1ccc(C(C)(C)C)cc1. The molecule has 1 fully saturated rings. The van der Waals surface area contributed by atoms with Crippen molar-refractivity contribution in [2.45, 2.75) is 97.8 Å². The van der Waals surface area contributed by atoms with E-state index in [0.29, 0.717) is 31.6 Å². The zero-order valence-corrected chi connectivity index (χ0v) is 26.5. The maximum absolute atomic E-state index is 11.8. The van der Waals surface area contributed by atoms with E-state index in [2.05, 4.69) is 76.2 Å². The van der Waals surface area contributed by atoms with E-state index in [9.17, 15) is 14.7 Å². The van der Waals surface area contributed by atoms with Gasteiger partial charge in [0.25, 0.3) is 0 Å². The minimum absolute atomic E-state index is 0.0885. The lowest BCUT2D eigenvalue weighted by atomic mass is 9.86. The van der Waals surface area contributed by atoms with Crippen molar-refractivity contribution in [2.24, 2.45) is 0 Å². The third-order valence-corrected chi connectivity index (χ3v) is 8.30. The molecular weight excluding hydrogens is 520 g/mol. The molecule has 0 radical (unpaired) electrons. The van der Waals surface area contributed by atoms with Crippen LogP contribution in [0.5, 0.6) is 0 Å². The minimum Gasteiger partial charge on any atom is -0.481 e. The summed E-state index contributed by atoms with van der Waals surface area (Å²) in [6, 6.07) is 23.3. The fourth-order valence-corrected chi connectivity index (χ4v) is 5.39. The Bertz CT molecular complexity index is 1400. The number of amidine groups is 1. The normalized spacial score (nSPS) is 13.5. The molecule has 0 saturated heterocycles. The molecule has 0 spiro atoms. The Hall–Kier alpha value is -3.73. The molecule has 224 valence electrons. The molecule has 0 atom stereocenters. The van der Waals surface area contributed by atoms with Crippen molar-refractivity contribution in [2.75, 3.05) is 6.54 Å². The van der Waals surface area contributed by atoms with Gasteiger partial charge in [0.2, 0.25) is 5.91 Å². The first kappa shape index (κ1) is 32.8. The summed E-state index contributed by atoms with van der Waals surface area (Å²) in [4.78, 5) is 24.8. The number of aryl methyl sites for hydroxylation is 3. The van der Waals surface area contributed by atoms with Gasteiger partial charge in [0.15, 0.2) is 0 Å². The second-order valence-electron chi connectivity index (χ2n) is 12.5. The van der Waals surface area contributed by atoms with Gasteiger partial charge in [-0.1, -0.05) is 88.4 Å². The number of carboxylic acids is 1. The number of nitrogens with one attached hydrogen (secondary N) is 1. The molecular formula is C37H48N2O3. The number of nitrogens with zero attached hydrogens (tertiary/aromatic N) is 1. The lowest BCUT2D eigenvalue weighted by molar-refractivity contribution is -0.140. The first-order chi connectivity index (χ1) is 19.8. The molecule has 3 aromatic rings. The number of rotatable bonds is 9. The van der Waals surface area contributed by atoms with Crippen LogP contribution in [0.1, 0.15) is 95.0 Å². The molecule has 4 rings (SSSR count). The highest BCUT2D eigenvalue weighted by atomic mass is 16.4. The van der Waals surface area contributed by atoms with E-state index in [0.717, 1.165) is 41.5 Å². The van der Waals surface area contributed by atoms with Crippen LogP contribution in [0, 0.1) is 12.3 Å². The Kier molecular flexibility index (Phi) is 10.9. The van der Waals surface area contributed by atoms with Crippen LogP contribution in [0.2, 0.25) is 0 Å². The number of carbonyl (C=O) groups is 2. The molecule has 1 aliphatic rings. The summed E-state index contributed by atoms with van der Waals surface area (Å²) in [6.45, 7) is 14.8. The average Bonchev–Trinajstić information content (AvgIpc) is 3.76. The first-order valence-electron chi connectivity index (χ1n) is 15.2. The molecule has 0 aromatic heterocycles. The Labute approximate surface area is 252 Å². The van der Waals surface area contributed by atoms with E-state index in [1.807, 2.05) is 32.0 Å². The molecule has 2 N–H and O–H groups in total. The second-order valence-corrected chi connectivity index (χ2v) is 12.5. The van der Waals surface area contributed by atoms with E-state index in [-0.39, 0.29) is 11.3 Å². The second kappa shape index (κ2) is 14.0. The molecule has 0 aliphatic heterocycles. The van der Waals surface area contributed by atoms with Gasteiger partial charge >= 0.3 is 5.97 Å². The van der Waals surface area contributed by atoms with Gasteiger partial charge in [-0.15, -0.1) is 0 Å². The van der Waals surface area contributed by atoms with Crippen LogP contribution in [-0.2, 0) is 33.3 Å². The number of aliphatic carboxylic acids is 1. The van der Waals surface area contributed by atoms with Gasteiger partial charge in [-0.25, -0.2) is 0 Å². The molecule has 42 heavy (non-hydrogen) atoms. The van der Waals surface area contributed by atoms with E-state index in [4.69, 9.17) is 5.41 Å². The van der Waals surface area contributed by atoms with Crippen molar-refractivity contribution in [3.05, 3.63) is 94.5 Å². The maximum Gasteiger partial charge on any atom is 0.314 e. The molecule has 5 nitrogen and oxygen atoms in total. The summed E-state index contributed by atoms with van der Waals surface area (Å²) >= 11 is 0. The molecule has 1 saturated carbocycles. The minimum atomic E-state index is -0.731. The van der Waals surface area contributed by atoms with Gasteiger partial charge < -0.3 is 10.0 Å². The zero-order valence-electron chi connectivity index (χ0n) is 26.5. The monoisotopic (exact) mass is 568 g/mol. The highest BCUT2D eigenvalue weighted by Gasteiger charge is 2.52. The zero-order chi connectivity index (χ0) is 31.1.